The highest BCUT2D eigenvalue weighted by atomic mass is 16.5. The first-order chi connectivity index (χ1) is 17.1. The third-order valence-corrected chi connectivity index (χ3v) is 7.83. The highest BCUT2D eigenvalue weighted by molar-refractivity contribution is 6.40. The van der Waals surface area contributed by atoms with Gasteiger partial charge >= 0.3 is 0 Å². The lowest BCUT2D eigenvalue weighted by molar-refractivity contribution is 0.420. The molecule has 0 radical (unpaired) electrons. The third kappa shape index (κ3) is 3.29. The van der Waals surface area contributed by atoms with Gasteiger partial charge < -0.3 is 4.74 Å². The van der Waals surface area contributed by atoms with Crippen molar-refractivity contribution >= 4 is 53.9 Å². The Labute approximate surface area is 213 Å². The third-order valence-electron chi connectivity index (χ3n) is 7.83. The molecule has 0 saturated heterocycles. The minimum atomic E-state index is 0.0654. The molecule has 0 fully saturated rings. The van der Waals surface area contributed by atoms with Gasteiger partial charge in [0, 0.05) is 5.39 Å². The standard InChI is InChI=1S/C35H34O/c1-34(2,3)21-15-17-23-24-18-16-22(35(4,5)6)20-29(24)33-27-13-10-14-30(36-7)31(27)25-11-8-9-12-26(25)32(33)28(23)19-21/h8-20H,1-7H3. The number of hydrogen-bond donors (Lipinski definition) is 0. The van der Waals surface area contributed by atoms with E-state index in [9.17, 15) is 0 Å². The summed E-state index contributed by atoms with van der Waals surface area (Å²) in [6.45, 7) is 13.8. The molecule has 0 spiro atoms. The van der Waals surface area contributed by atoms with Crippen LogP contribution in [0.5, 0.6) is 5.75 Å². The number of hydrogen-bond acceptors (Lipinski definition) is 1. The van der Waals surface area contributed by atoms with Gasteiger partial charge in [0.25, 0.3) is 0 Å². The summed E-state index contributed by atoms with van der Waals surface area (Å²) in [5.74, 6) is 0.925. The lowest BCUT2D eigenvalue weighted by Gasteiger charge is -2.24. The van der Waals surface area contributed by atoms with Crippen molar-refractivity contribution in [2.24, 2.45) is 0 Å². The van der Waals surface area contributed by atoms with Crippen LogP contribution >= 0.6 is 0 Å². The smallest absolute Gasteiger partial charge is 0.127 e. The first-order valence-electron chi connectivity index (χ1n) is 12.9. The van der Waals surface area contributed by atoms with Gasteiger partial charge in [-0.25, -0.2) is 0 Å². The first kappa shape index (κ1) is 22.9. The van der Waals surface area contributed by atoms with Crippen LogP contribution in [0.25, 0.3) is 53.9 Å². The molecular weight excluding hydrogens is 436 g/mol. The second-order valence-electron chi connectivity index (χ2n) is 12.2. The highest BCUT2D eigenvalue weighted by Crippen LogP contribution is 2.47. The van der Waals surface area contributed by atoms with Gasteiger partial charge in [-0.05, 0) is 88.6 Å². The quantitative estimate of drug-likeness (QED) is 0.217. The fourth-order valence-corrected chi connectivity index (χ4v) is 5.84. The molecule has 0 atom stereocenters. The zero-order chi connectivity index (χ0) is 25.4. The van der Waals surface area contributed by atoms with E-state index in [1.54, 1.807) is 7.11 Å². The summed E-state index contributed by atoms with van der Waals surface area (Å²) in [5.41, 5.74) is 2.85. The van der Waals surface area contributed by atoms with Crippen LogP contribution in [0, 0.1) is 0 Å². The summed E-state index contributed by atoms with van der Waals surface area (Å²) in [6.07, 6.45) is 0. The van der Waals surface area contributed by atoms with Crippen molar-refractivity contribution in [1.82, 2.24) is 0 Å². The van der Waals surface area contributed by atoms with Gasteiger partial charge in [0.05, 0.1) is 7.11 Å². The molecule has 0 unspecified atom stereocenters. The van der Waals surface area contributed by atoms with Crippen molar-refractivity contribution in [3.05, 3.63) is 90.0 Å². The minimum Gasteiger partial charge on any atom is -0.496 e. The molecule has 6 rings (SSSR count). The maximum absolute atomic E-state index is 5.93. The van der Waals surface area contributed by atoms with Crippen molar-refractivity contribution < 1.29 is 4.74 Å². The number of rotatable bonds is 1. The van der Waals surface area contributed by atoms with E-state index >= 15 is 0 Å². The van der Waals surface area contributed by atoms with E-state index in [1.807, 2.05) is 0 Å². The largest absolute Gasteiger partial charge is 0.496 e. The fraction of sp³-hybridized carbons (Fsp3) is 0.257. The van der Waals surface area contributed by atoms with Gasteiger partial charge in [-0.3, -0.25) is 0 Å². The second-order valence-corrected chi connectivity index (χ2v) is 12.2. The SMILES string of the molecule is COc1cccc2c1c1ccccc1c1c3cc(C(C)(C)C)ccc3c3ccc(C(C)(C)C)cc3c21. The van der Waals surface area contributed by atoms with Crippen LogP contribution in [-0.4, -0.2) is 7.11 Å². The Kier molecular flexibility index (Phi) is 4.89. The summed E-state index contributed by atoms with van der Waals surface area (Å²) in [6, 6.07) is 29.5. The van der Waals surface area contributed by atoms with Crippen LogP contribution in [-0.2, 0) is 10.8 Å². The molecule has 0 aromatic heterocycles. The van der Waals surface area contributed by atoms with Crippen molar-refractivity contribution in [3.8, 4) is 5.75 Å². The van der Waals surface area contributed by atoms with E-state index in [0.29, 0.717) is 0 Å². The summed E-state index contributed by atoms with van der Waals surface area (Å²) in [7, 11) is 1.78. The molecule has 0 N–H and O–H groups in total. The van der Waals surface area contributed by atoms with Crippen LogP contribution in [0.1, 0.15) is 52.7 Å². The molecule has 0 aliphatic rings. The molecule has 0 aliphatic carbocycles. The average molecular weight is 471 g/mol. The number of methoxy groups -OCH3 is 1. The number of fused-ring (bicyclic) bond motifs is 11. The molecule has 1 nitrogen and oxygen atoms in total. The Morgan fingerprint density at radius 1 is 0.444 bits per heavy atom. The summed E-state index contributed by atoms with van der Waals surface area (Å²) in [4.78, 5) is 0. The topological polar surface area (TPSA) is 9.23 Å². The lowest BCUT2D eigenvalue weighted by Crippen LogP contribution is -2.11. The van der Waals surface area contributed by atoms with Crippen molar-refractivity contribution in [2.75, 3.05) is 7.11 Å². The van der Waals surface area contributed by atoms with Gasteiger partial charge in [-0.1, -0.05) is 102 Å². The van der Waals surface area contributed by atoms with Gasteiger partial charge in [0.1, 0.15) is 5.75 Å². The van der Waals surface area contributed by atoms with Gasteiger partial charge in [0.2, 0.25) is 0 Å². The van der Waals surface area contributed by atoms with E-state index in [0.717, 1.165) is 5.75 Å². The Morgan fingerprint density at radius 3 is 1.42 bits per heavy atom. The molecular formula is C35H34O. The van der Waals surface area contributed by atoms with E-state index < -0.39 is 0 Å². The molecule has 6 aromatic rings. The summed E-state index contributed by atoms with van der Waals surface area (Å²) >= 11 is 0. The van der Waals surface area contributed by atoms with E-state index in [1.165, 1.54) is 65.0 Å². The maximum atomic E-state index is 5.93. The Hall–Kier alpha value is -3.58. The van der Waals surface area contributed by atoms with Gasteiger partial charge in [0.15, 0.2) is 0 Å². The van der Waals surface area contributed by atoms with Crippen LogP contribution < -0.4 is 4.74 Å². The lowest BCUT2D eigenvalue weighted by atomic mass is 9.80. The van der Waals surface area contributed by atoms with Gasteiger partial charge in [-0.15, -0.1) is 0 Å². The highest BCUT2D eigenvalue weighted by Gasteiger charge is 2.22. The van der Waals surface area contributed by atoms with Crippen LogP contribution in [0.3, 0.4) is 0 Å². The molecule has 0 heterocycles. The predicted octanol–water partition coefficient (Wildman–Crippen LogP) is 10.1. The molecule has 0 saturated carbocycles. The molecule has 0 bridgehead atoms. The zero-order valence-electron chi connectivity index (χ0n) is 22.4. The average Bonchev–Trinajstić information content (AvgIpc) is 2.86. The zero-order valence-corrected chi connectivity index (χ0v) is 22.4. The first-order valence-corrected chi connectivity index (χ1v) is 12.9. The molecule has 0 amide bonds. The molecule has 180 valence electrons. The number of benzene rings is 6. The summed E-state index contributed by atoms with van der Waals surface area (Å²) < 4.78 is 5.93. The Balaban J connectivity index is 2.01. The van der Waals surface area contributed by atoms with E-state index in [-0.39, 0.29) is 10.8 Å². The van der Waals surface area contributed by atoms with Crippen LogP contribution in [0.4, 0.5) is 0 Å². The fourth-order valence-electron chi connectivity index (χ4n) is 5.84. The molecule has 1 heteroatoms. The molecule has 6 aromatic carbocycles. The predicted molar refractivity (Wildman–Crippen MR) is 158 cm³/mol. The van der Waals surface area contributed by atoms with E-state index in [4.69, 9.17) is 4.74 Å². The van der Waals surface area contributed by atoms with Crippen molar-refractivity contribution in [2.45, 2.75) is 52.4 Å². The van der Waals surface area contributed by atoms with Crippen LogP contribution in [0.2, 0.25) is 0 Å². The normalized spacial score (nSPS) is 12.9. The van der Waals surface area contributed by atoms with Crippen molar-refractivity contribution in [1.29, 1.82) is 0 Å². The molecule has 36 heavy (non-hydrogen) atoms. The van der Waals surface area contributed by atoms with E-state index in [2.05, 4.69) is 120 Å². The number of ether oxygens (including phenoxy) is 1. The van der Waals surface area contributed by atoms with Gasteiger partial charge in [-0.2, -0.15) is 0 Å². The van der Waals surface area contributed by atoms with Crippen LogP contribution in [0.15, 0.2) is 78.9 Å². The molecule has 0 aliphatic heterocycles. The Bertz CT molecular complexity index is 1820. The minimum absolute atomic E-state index is 0.0654. The van der Waals surface area contributed by atoms with Crippen molar-refractivity contribution in [3.63, 3.8) is 0 Å². The Morgan fingerprint density at radius 2 is 0.917 bits per heavy atom. The maximum Gasteiger partial charge on any atom is 0.127 e. The monoisotopic (exact) mass is 470 g/mol. The summed E-state index contributed by atoms with van der Waals surface area (Å²) in [5, 5.41) is 12.9. The second kappa shape index (κ2) is 7.71.